The standard InChI is InChI=1S/C30H28ClN7O5/c31-23-11-14-26(38-19-33-36-37-38)22(18-23)10-15-27(39)35-25(17-20-5-2-1-3-6-20)30(43)34-24-12-8-21(9-13-24)29(42)32-16-4-7-28(40)41/h1-3,5-6,8-15,18-19,25H,4,7,16-17H2,(H,32,42)(H,34,43)(H,35,39)(H,40,41)/b15-10+. The van der Waals surface area contributed by atoms with Crippen molar-refractivity contribution >= 4 is 47.1 Å². The number of carboxylic acids is 1. The fraction of sp³-hybridized carbons (Fsp3) is 0.167. The van der Waals surface area contributed by atoms with Crippen molar-refractivity contribution in [3.05, 3.63) is 107 Å². The Morgan fingerprint density at radius 2 is 1.77 bits per heavy atom. The summed E-state index contributed by atoms with van der Waals surface area (Å²) >= 11 is 6.16. The minimum absolute atomic E-state index is 0.0376. The monoisotopic (exact) mass is 601 g/mol. The summed E-state index contributed by atoms with van der Waals surface area (Å²) in [5.74, 6) is -2.24. The number of carboxylic acid groups (broad SMARTS) is 1. The molecular weight excluding hydrogens is 574 g/mol. The number of aliphatic carboxylic acids is 1. The maximum Gasteiger partial charge on any atom is 0.303 e. The van der Waals surface area contributed by atoms with E-state index in [9.17, 15) is 19.2 Å². The molecule has 0 aliphatic rings. The Labute approximate surface area is 251 Å². The Morgan fingerprint density at radius 3 is 2.47 bits per heavy atom. The molecule has 0 bridgehead atoms. The number of carbonyl (C=O) groups is 4. The molecule has 4 N–H and O–H groups in total. The van der Waals surface area contributed by atoms with Crippen LogP contribution in [0, 0.1) is 0 Å². The van der Waals surface area contributed by atoms with E-state index in [1.54, 1.807) is 48.5 Å². The molecule has 12 nitrogen and oxygen atoms in total. The van der Waals surface area contributed by atoms with E-state index in [2.05, 4.69) is 31.5 Å². The molecule has 0 aliphatic carbocycles. The highest BCUT2D eigenvalue weighted by Gasteiger charge is 2.21. The van der Waals surface area contributed by atoms with E-state index in [1.807, 2.05) is 30.3 Å². The van der Waals surface area contributed by atoms with E-state index in [1.165, 1.54) is 17.1 Å². The topological polar surface area (TPSA) is 168 Å². The molecule has 0 fully saturated rings. The lowest BCUT2D eigenvalue weighted by molar-refractivity contribution is -0.137. The smallest absolute Gasteiger partial charge is 0.303 e. The first kappa shape index (κ1) is 30.6. The second-order valence-electron chi connectivity index (χ2n) is 9.36. The number of hydrogen-bond acceptors (Lipinski definition) is 7. The summed E-state index contributed by atoms with van der Waals surface area (Å²) in [6.45, 7) is 0.231. The van der Waals surface area contributed by atoms with Crippen molar-refractivity contribution in [1.82, 2.24) is 30.8 Å². The third-order valence-electron chi connectivity index (χ3n) is 6.18. The van der Waals surface area contributed by atoms with Crippen molar-refractivity contribution < 1.29 is 24.3 Å². The minimum Gasteiger partial charge on any atom is -0.481 e. The predicted octanol–water partition coefficient (Wildman–Crippen LogP) is 3.29. The molecule has 43 heavy (non-hydrogen) atoms. The van der Waals surface area contributed by atoms with Gasteiger partial charge in [0.1, 0.15) is 12.4 Å². The molecule has 0 spiro atoms. The lowest BCUT2D eigenvalue weighted by Gasteiger charge is -2.18. The van der Waals surface area contributed by atoms with Gasteiger partial charge < -0.3 is 21.1 Å². The van der Waals surface area contributed by atoms with Gasteiger partial charge in [-0.15, -0.1) is 5.10 Å². The van der Waals surface area contributed by atoms with E-state index in [-0.39, 0.29) is 25.3 Å². The van der Waals surface area contributed by atoms with Crippen LogP contribution in [0.2, 0.25) is 5.02 Å². The first-order valence-electron chi connectivity index (χ1n) is 13.2. The molecule has 0 aliphatic heterocycles. The largest absolute Gasteiger partial charge is 0.481 e. The molecule has 0 saturated heterocycles. The molecule has 4 aromatic rings. The minimum atomic E-state index is -0.928. The zero-order valence-electron chi connectivity index (χ0n) is 22.8. The number of benzene rings is 3. The van der Waals surface area contributed by atoms with E-state index >= 15 is 0 Å². The van der Waals surface area contributed by atoms with E-state index in [4.69, 9.17) is 16.7 Å². The Morgan fingerprint density at radius 1 is 1.00 bits per heavy atom. The van der Waals surface area contributed by atoms with Crippen LogP contribution < -0.4 is 16.0 Å². The predicted molar refractivity (Wildman–Crippen MR) is 160 cm³/mol. The van der Waals surface area contributed by atoms with Crippen molar-refractivity contribution in [3.8, 4) is 5.69 Å². The maximum atomic E-state index is 13.3. The average Bonchev–Trinajstić information content (AvgIpc) is 3.53. The molecule has 0 saturated carbocycles. The third kappa shape index (κ3) is 9.33. The zero-order chi connectivity index (χ0) is 30.6. The van der Waals surface area contributed by atoms with Gasteiger partial charge in [-0.25, -0.2) is 0 Å². The first-order chi connectivity index (χ1) is 20.8. The molecule has 0 radical (unpaired) electrons. The van der Waals surface area contributed by atoms with Gasteiger partial charge in [-0.3, -0.25) is 19.2 Å². The van der Waals surface area contributed by atoms with Crippen molar-refractivity contribution in [2.24, 2.45) is 0 Å². The number of carbonyl (C=O) groups excluding carboxylic acids is 3. The Bertz CT molecular complexity index is 1590. The lowest BCUT2D eigenvalue weighted by atomic mass is 10.0. The molecule has 13 heteroatoms. The van der Waals surface area contributed by atoms with Crippen LogP contribution in [0.1, 0.15) is 34.3 Å². The fourth-order valence-electron chi connectivity index (χ4n) is 4.06. The number of rotatable bonds is 13. The van der Waals surface area contributed by atoms with Crippen LogP contribution in [0.25, 0.3) is 11.8 Å². The summed E-state index contributed by atoms with van der Waals surface area (Å²) in [7, 11) is 0. The summed E-state index contributed by atoms with van der Waals surface area (Å²) in [6.07, 6.45) is 4.79. The molecule has 3 aromatic carbocycles. The summed E-state index contributed by atoms with van der Waals surface area (Å²) in [5, 5.41) is 28.5. The Hall–Kier alpha value is -5.36. The Kier molecular flexibility index (Phi) is 10.7. The summed E-state index contributed by atoms with van der Waals surface area (Å²) in [6, 6.07) is 19.6. The highest BCUT2D eigenvalue weighted by atomic mass is 35.5. The summed E-state index contributed by atoms with van der Waals surface area (Å²) < 4.78 is 1.44. The van der Waals surface area contributed by atoms with Gasteiger partial charge in [0.25, 0.3) is 5.91 Å². The van der Waals surface area contributed by atoms with E-state index < -0.39 is 23.8 Å². The molecule has 1 aromatic heterocycles. The van der Waals surface area contributed by atoms with Crippen molar-refractivity contribution in [3.63, 3.8) is 0 Å². The van der Waals surface area contributed by atoms with Crippen LogP contribution in [-0.4, -0.2) is 61.6 Å². The van der Waals surface area contributed by atoms with Crippen LogP contribution in [0.4, 0.5) is 5.69 Å². The number of amides is 3. The second kappa shape index (κ2) is 15.0. The number of tetrazole rings is 1. The third-order valence-corrected chi connectivity index (χ3v) is 6.42. The van der Waals surface area contributed by atoms with Gasteiger partial charge in [0, 0.05) is 47.3 Å². The zero-order valence-corrected chi connectivity index (χ0v) is 23.6. The molecule has 3 amide bonds. The number of aromatic nitrogens is 4. The molecule has 1 unspecified atom stereocenters. The van der Waals surface area contributed by atoms with Gasteiger partial charge in [0.2, 0.25) is 11.8 Å². The number of hydrogen-bond donors (Lipinski definition) is 4. The quantitative estimate of drug-likeness (QED) is 0.134. The van der Waals surface area contributed by atoms with Crippen molar-refractivity contribution in [2.75, 3.05) is 11.9 Å². The molecule has 220 valence electrons. The molecular formula is C30H28ClN7O5. The Balaban J connectivity index is 1.43. The van der Waals surface area contributed by atoms with Crippen molar-refractivity contribution in [1.29, 1.82) is 0 Å². The van der Waals surface area contributed by atoms with Crippen LogP contribution in [-0.2, 0) is 20.8 Å². The average molecular weight is 602 g/mol. The van der Waals surface area contributed by atoms with Crippen LogP contribution in [0.3, 0.4) is 0 Å². The SMILES string of the molecule is O=C(O)CCCNC(=O)c1ccc(NC(=O)C(Cc2ccccc2)NC(=O)/C=C/c2cc(Cl)ccc2-n2cnnn2)cc1. The number of nitrogens with zero attached hydrogens (tertiary/aromatic N) is 4. The highest BCUT2D eigenvalue weighted by Crippen LogP contribution is 2.20. The number of halogens is 1. The molecule has 1 atom stereocenters. The van der Waals surface area contributed by atoms with Crippen molar-refractivity contribution in [2.45, 2.75) is 25.3 Å². The van der Waals surface area contributed by atoms with Crippen LogP contribution in [0.15, 0.2) is 85.2 Å². The van der Waals surface area contributed by atoms with Crippen LogP contribution >= 0.6 is 11.6 Å². The van der Waals surface area contributed by atoms with Gasteiger partial charge in [0.15, 0.2) is 0 Å². The second-order valence-corrected chi connectivity index (χ2v) is 9.80. The first-order valence-corrected chi connectivity index (χ1v) is 13.6. The van der Waals surface area contributed by atoms with Gasteiger partial charge in [0.05, 0.1) is 5.69 Å². The van der Waals surface area contributed by atoms with Crippen LogP contribution in [0.5, 0.6) is 0 Å². The van der Waals surface area contributed by atoms with Gasteiger partial charge in [-0.2, -0.15) is 4.68 Å². The molecule has 4 rings (SSSR count). The fourth-order valence-corrected chi connectivity index (χ4v) is 4.24. The number of nitrogens with one attached hydrogen (secondary N) is 3. The maximum absolute atomic E-state index is 13.3. The summed E-state index contributed by atoms with van der Waals surface area (Å²) in [5.41, 5.74) is 2.83. The van der Waals surface area contributed by atoms with Gasteiger partial charge in [-0.05, 0) is 71.0 Å². The molecule has 1 heterocycles. The number of anilines is 1. The van der Waals surface area contributed by atoms with E-state index in [0.717, 1.165) is 5.56 Å². The normalized spacial score (nSPS) is 11.6. The highest BCUT2D eigenvalue weighted by molar-refractivity contribution is 6.30. The van der Waals surface area contributed by atoms with Gasteiger partial charge >= 0.3 is 5.97 Å². The lowest BCUT2D eigenvalue weighted by Crippen LogP contribution is -2.44. The van der Waals surface area contributed by atoms with Gasteiger partial charge in [-0.1, -0.05) is 41.9 Å². The summed E-state index contributed by atoms with van der Waals surface area (Å²) in [4.78, 5) is 49.2. The van der Waals surface area contributed by atoms with E-state index in [0.29, 0.717) is 33.9 Å².